The van der Waals surface area contributed by atoms with Gasteiger partial charge in [0.25, 0.3) is 0 Å². The van der Waals surface area contributed by atoms with Crippen molar-refractivity contribution >= 4 is 5.91 Å². The van der Waals surface area contributed by atoms with Crippen molar-refractivity contribution in [3.05, 3.63) is 0 Å². The van der Waals surface area contributed by atoms with E-state index in [-0.39, 0.29) is 24.0 Å². The topological polar surface area (TPSA) is 61.4 Å². The Morgan fingerprint density at radius 1 is 1.39 bits per heavy atom. The molecule has 0 spiro atoms. The second-order valence-electron chi connectivity index (χ2n) is 6.40. The first-order chi connectivity index (χ1) is 8.43. The van der Waals surface area contributed by atoms with Crippen LogP contribution in [0.3, 0.4) is 0 Å². The predicted molar refractivity (Wildman–Crippen MR) is 73.3 cm³/mol. The third kappa shape index (κ3) is 5.36. The summed E-state index contributed by atoms with van der Waals surface area (Å²) in [6, 6.07) is 0.0525. The van der Waals surface area contributed by atoms with E-state index in [1.165, 1.54) is 0 Å². The van der Waals surface area contributed by atoms with Crippen LogP contribution in [0.25, 0.3) is 0 Å². The van der Waals surface area contributed by atoms with Gasteiger partial charge in [0.2, 0.25) is 5.91 Å². The van der Waals surface area contributed by atoms with E-state index < -0.39 is 0 Å². The summed E-state index contributed by atoms with van der Waals surface area (Å²) in [4.78, 5) is 12.0. The summed E-state index contributed by atoms with van der Waals surface area (Å²) >= 11 is 0. The van der Waals surface area contributed by atoms with Crippen LogP contribution in [0.5, 0.6) is 0 Å². The number of rotatable bonds is 5. The summed E-state index contributed by atoms with van der Waals surface area (Å²) < 4.78 is 0. The number of hydrogen-bond acceptors (Lipinski definition) is 3. The van der Waals surface area contributed by atoms with Crippen LogP contribution < -0.4 is 10.6 Å². The van der Waals surface area contributed by atoms with Crippen LogP contribution in [0, 0.1) is 11.3 Å². The number of aliphatic hydroxyl groups is 1. The minimum absolute atomic E-state index is 0.00743. The number of piperidine rings is 1. The largest absolute Gasteiger partial charge is 0.396 e. The summed E-state index contributed by atoms with van der Waals surface area (Å²) in [6.07, 6.45) is 3.43. The van der Waals surface area contributed by atoms with Crippen LogP contribution in [0.1, 0.15) is 46.5 Å². The van der Waals surface area contributed by atoms with Crippen molar-refractivity contribution in [2.24, 2.45) is 11.3 Å². The first-order valence-corrected chi connectivity index (χ1v) is 7.04. The summed E-state index contributed by atoms with van der Waals surface area (Å²) in [5, 5.41) is 15.5. The molecular weight excluding hydrogens is 228 g/mol. The van der Waals surface area contributed by atoms with Crippen LogP contribution in [-0.2, 0) is 4.79 Å². The Morgan fingerprint density at radius 3 is 2.50 bits per heavy atom. The number of carbonyl (C=O) groups is 1. The molecule has 106 valence electrons. The van der Waals surface area contributed by atoms with E-state index in [2.05, 4.69) is 31.4 Å². The third-order valence-electron chi connectivity index (χ3n) is 3.73. The van der Waals surface area contributed by atoms with Gasteiger partial charge in [-0.2, -0.15) is 0 Å². The van der Waals surface area contributed by atoms with E-state index in [1.54, 1.807) is 0 Å². The van der Waals surface area contributed by atoms with E-state index in [4.69, 9.17) is 5.11 Å². The van der Waals surface area contributed by atoms with Crippen molar-refractivity contribution in [2.45, 2.75) is 52.5 Å². The highest BCUT2D eigenvalue weighted by Gasteiger charge is 2.26. The Kier molecular flexibility index (Phi) is 6.09. The van der Waals surface area contributed by atoms with Gasteiger partial charge >= 0.3 is 0 Å². The summed E-state index contributed by atoms with van der Waals surface area (Å²) in [5.74, 6) is 0.649. The van der Waals surface area contributed by atoms with E-state index >= 15 is 0 Å². The lowest BCUT2D eigenvalue weighted by atomic mass is 9.84. The quantitative estimate of drug-likeness (QED) is 0.694. The number of amides is 1. The van der Waals surface area contributed by atoms with Crippen molar-refractivity contribution in [2.75, 3.05) is 19.7 Å². The molecule has 1 aliphatic rings. The maximum absolute atomic E-state index is 12.0. The molecule has 0 aromatic heterocycles. The van der Waals surface area contributed by atoms with Gasteiger partial charge in [0.1, 0.15) is 0 Å². The lowest BCUT2D eigenvalue weighted by molar-refractivity contribution is -0.123. The van der Waals surface area contributed by atoms with Crippen LogP contribution in [-0.4, -0.2) is 36.8 Å². The van der Waals surface area contributed by atoms with E-state index in [9.17, 15) is 4.79 Å². The molecule has 1 unspecified atom stereocenters. The normalized spacial score (nSPS) is 19.6. The molecule has 1 saturated heterocycles. The number of carbonyl (C=O) groups excluding carboxylic acids is 1. The Balaban J connectivity index is 2.40. The number of hydrogen-bond donors (Lipinski definition) is 3. The van der Waals surface area contributed by atoms with Gasteiger partial charge < -0.3 is 15.7 Å². The molecule has 0 aromatic rings. The fourth-order valence-corrected chi connectivity index (χ4v) is 2.45. The molecule has 1 rings (SSSR count). The first kappa shape index (κ1) is 15.4. The molecule has 0 aromatic carbocycles. The summed E-state index contributed by atoms with van der Waals surface area (Å²) in [6.45, 7) is 8.46. The van der Waals surface area contributed by atoms with Crippen molar-refractivity contribution in [1.82, 2.24) is 10.6 Å². The van der Waals surface area contributed by atoms with Crippen LogP contribution in [0.4, 0.5) is 0 Å². The highest BCUT2D eigenvalue weighted by atomic mass is 16.3. The minimum atomic E-state index is -0.00743. The van der Waals surface area contributed by atoms with Crippen molar-refractivity contribution in [3.63, 3.8) is 0 Å². The van der Waals surface area contributed by atoms with Gasteiger partial charge in [0, 0.05) is 19.1 Å². The van der Waals surface area contributed by atoms with Crippen LogP contribution in [0.2, 0.25) is 0 Å². The standard InChI is InChI=1S/C14H28N2O2/c1-14(2,3)12(6-9-17)16-13(18)10-11-4-7-15-8-5-11/h11-12,15,17H,4-10H2,1-3H3,(H,16,18). The second kappa shape index (κ2) is 7.10. The van der Waals surface area contributed by atoms with Crippen LogP contribution >= 0.6 is 0 Å². The average molecular weight is 256 g/mol. The number of aliphatic hydroxyl groups excluding tert-OH is 1. The molecular formula is C14H28N2O2. The molecule has 1 aliphatic heterocycles. The Labute approximate surface area is 111 Å². The molecule has 0 bridgehead atoms. The molecule has 0 radical (unpaired) electrons. The minimum Gasteiger partial charge on any atom is -0.396 e. The molecule has 4 nitrogen and oxygen atoms in total. The molecule has 0 aliphatic carbocycles. The monoisotopic (exact) mass is 256 g/mol. The Bertz CT molecular complexity index is 255. The maximum Gasteiger partial charge on any atom is 0.220 e. The zero-order valence-electron chi connectivity index (χ0n) is 12.0. The van der Waals surface area contributed by atoms with Gasteiger partial charge in [-0.05, 0) is 43.7 Å². The van der Waals surface area contributed by atoms with E-state index in [1.807, 2.05) is 0 Å². The Morgan fingerprint density at radius 2 is 2.00 bits per heavy atom. The zero-order valence-corrected chi connectivity index (χ0v) is 12.0. The van der Waals surface area contributed by atoms with Crippen molar-refractivity contribution < 1.29 is 9.90 Å². The Hall–Kier alpha value is -0.610. The fraction of sp³-hybridized carbons (Fsp3) is 0.929. The summed E-state index contributed by atoms with van der Waals surface area (Å²) in [7, 11) is 0. The average Bonchev–Trinajstić information content (AvgIpc) is 2.28. The zero-order chi connectivity index (χ0) is 13.6. The predicted octanol–water partition coefficient (Wildman–Crippen LogP) is 1.29. The molecule has 0 saturated carbocycles. The molecule has 1 amide bonds. The van der Waals surface area contributed by atoms with Gasteiger partial charge in [-0.1, -0.05) is 20.8 Å². The van der Waals surface area contributed by atoms with E-state index in [0.29, 0.717) is 18.8 Å². The highest BCUT2D eigenvalue weighted by molar-refractivity contribution is 5.76. The van der Waals surface area contributed by atoms with Crippen molar-refractivity contribution in [3.8, 4) is 0 Å². The first-order valence-electron chi connectivity index (χ1n) is 7.04. The molecule has 3 N–H and O–H groups in total. The lowest BCUT2D eigenvalue weighted by Gasteiger charge is -2.32. The third-order valence-corrected chi connectivity index (χ3v) is 3.73. The van der Waals surface area contributed by atoms with Crippen LogP contribution in [0.15, 0.2) is 0 Å². The number of nitrogens with one attached hydrogen (secondary N) is 2. The van der Waals surface area contributed by atoms with Gasteiger partial charge in [-0.3, -0.25) is 4.79 Å². The SMILES string of the molecule is CC(C)(C)C(CCO)NC(=O)CC1CCNCC1. The maximum atomic E-state index is 12.0. The fourth-order valence-electron chi connectivity index (χ4n) is 2.45. The van der Waals surface area contributed by atoms with Gasteiger partial charge in [0.15, 0.2) is 0 Å². The lowest BCUT2D eigenvalue weighted by Crippen LogP contribution is -2.45. The van der Waals surface area contributed by atoms with E-state index in [0.717, 1.165) is 25.9 Å². The molecule has 18 heavy (non-hydrogen) atoms. The van der Waals surface area contributed by atoms with Gasteiger partial charge in [0.05, 0.1) is 0 Å². The smallest absolute Gasteiger partial charge is 0.220 e. The molecule has 1 atom stereocenters. The highest BCUT2D eigenvalue weighted by Crippen LogP contribution is 2.22. The second-order valence-corrected chi connectivity index (χ2v) is 6.40. The molecule has 1 fully saturated rings. The molecule has 1 heterocycles. The summed E-state index contributed by atoms with van der Waals surface area (Å²) in [5.41, 5.74) is -0.00743. The van der Waals surface area contributed by atoms with Gasteiger partial charge in [-0.15, -0.1) is 0 Å². The van der Waals surface area contributed by atoms with Gasteiger partial charge in [-0.25, -0.2) is 0 Å². The van der Waals surface area contributed by atoms with Crippen molar-refractivity contribution in [1.29, 1.82) is 0 Å². The molecule has 4 heteroatoms.